The molecule has 0 aliphatic heterocycles. The molecule has 0 spiro atoms. The van der Waals surface area contributed by atoms with Crippen LogP contribution in [0.2, 0.25) is 0 Å². The van der Waals surface area contributed by atoms with Gasteiger partial charge in [-0.05, 0) is 24.6 Å². The zero-order valence-corrected chi connectivity index (χ0v) is 12.7. The van der Waals surface area contributed by atoms with Gasteiger partial charge in [0.25, 0.3) is 0 Å². The lowest BCUT2D eigenvalue weighted by Crippen LogP contribution is -2.27. The third kappa shape index (κ3) is 2.55. The molecule has 0 unspecified atom stereocenters. The Morgan fingerprint density at radius 2 is 1.33 bits per heavy atom. The predicted octanol–water partition coefficient (Wildman–Crippen LogP) is 3.03. The van der Waals surface area contributed by atoms with E-state index in [-0.39, 0.29) is 0 Å². The zero-order chi connectivity index (χ0) is 14.7. The van der Waals surface area contributed by atoms with Gasteiger partial charge < -0.3 is 4.57 Å². The summed E-state index contributed by atoms with van der Waals surface area (Å²) < 4.78 is 13.9. The minimum Gasteiger partial charge on any atom is -0.307 e. The molecule has 0 atom stereocenters. The normalized spacial score (nSPS) is 11.3. The van der Waals surface area contributed by atoms with E-state index >= 15 is 0 Å². The molecule has 3 heteroatoms. The van der Waals surface area contributed by atoms with Crippen molar-refractivity contribution in [2.24, 2.45) is 0 Å². The number of aromatic nitrogens is 1. The molecule has 104 valence electrons. The van der Waals surface area contributed by atoms with Crippen molar-refractivity contribution in [2.45, 2.75) is 6.92 Å². The van der Waals surface area contributed by atoms with Crippen LogP contribution in [0.3, 0.4) is 0 Å². The average molecular weight is 293 g/mol. The number of nitrogens with zero attached hydrogens (tertiary/aromatic N) is 1. The van der Waals surface area contributed by atoms with E-state index in [1.807, 2.05) is 79.7 Å². The molecule has 3 rings (SSSR count). The molecule has 1 heterocycles. The van der Waals surface area contributed by atoms with Crippen molar-refractivity contribution < 1.29 is 4.57 Å². The topological polar surface area (TPSA) is 30.0 Å². The van der Waals surface area contributed by atoms with Crippen molar-refractivity contribution >= 4 is 23.2 Å². The van der Waals surface area contributed by atoms with Gasteiger partial charge in [0, 0.05) is 16.8 Å². The Morgan fingerprint density at radius 1 is 0.810 bits per heavy atom. The first-order valence-electron chi connectivity index (χ1n) is 6.86. The van der Waals surface area contributed by atoms with E-state index in [0.29, 0.717) is 5.44 Å². The molecule has 0 fully saturated rings. The molecule has 0 radical (unpaired) electrons. The minimum atomic E-state index is -2.91. The molecule has 2 aromatic carbocycles. The van der Waals surface area contributed by atoms with E-state index in [0.717, 1.165) is 16.2 Å². The second-order valence-corrected chi connectivity index (χ2v) is 7.68. The summed E-state index contributed by atoms with van der Waals surface area (Å²) in [4.78, 5) is 4.40. The SMILES string of the molecule is Cc1ccnc(P(=O)(c2ccccc2)c2ccccc2)c1. The standard InChI is InChI=1S/C18H16NOP/c1-15-12-13-19-18(14-15)21(20,16-8-4-2-5-9-16)17-10-6-3-7-11-17/h2-14H,1H3. The lowest BCUT2D eigenvalue weighted by molar-refractivity contribution is 0.592. The zero-order valence-electron chi connectivity index (χ0n) is 11.8. The molecule has 3 aromatic rings. The summed E-state index contributed by atoms with van der Waals surface area (Å²) in [7, 11) is -2.91. The van der Waals surface area contributed by atoms with Crippen LogP contribution in [0.4, 0.5) is 0 Å². The first-order chi connectivity index (χ1) is 10.2. The largest absolute Gasteiger partial charge is 0.307 e. The molecule has 21 heavy (non-hydrogen) atoms. The maximum absolute atomic E-state index is 13.9. The van der Waals surface area contributed by atoms with Gasteiger partial charge in [0.2, 0.25) is 0 Å². The van der Waals surface area contributed by atoms with Gasteiger partial charge >= 0.3 is 0 Å². The highest BCUT2D eigenvalue weighted by molar-refractivity contribution is 7.85. The van der Waals surface area contributed by atoms with E-state index in [1.54, 1.807) is 6.20 Å². The number of pyridine rings is 1. The predicted molar refractivity (Wildman–Crippen MR) is 88.4 cm³/mol. The minimum absolute atomic E-state index is 0.639. The number of hydrogen-bond acceptors (Lipinski definition) is 2. The van der Waals surface area contributed by atoms with Crippen LogP contribution < -0.4 is 16.0 Å². The van der Waals surface area contributed by atoms with Crippen molar-refractivity contribution in [2.75, 3.05) is 0 Å². The van der Waals surface area contributed by atoms with Crippen LogP contribution in [0.1, 0.15) is 5.56 Å². The van der Waals surface area contributed by atoms with Crippen LogP contribution in [0.15, 0.2) is 79.0 Å². The summed E-state index contributed by atoms with van der Waals surface area (Å²) in [6, 6.07) is 23.0. The highest BCUT2D eigenvalue weighted by Crippen LogP contribution is 2.41. The van der Waals surface area contributed by atoms with Gasteiger partial charge in [-0.1, -0.05) is 60.7 Å². The summed E-state index contributed by atoms with van der Waals surface area (Å²) >= 11 is 0. The van der Waals surface area contributed by atoms with Gasteiger partial charge in [-0.15, -0.1) is 0 Å². The van der Waals surface area contributed by atoms with E-state index in [1.165, 1.54) is 0 Å². The summed E-state index contributed by atoms with van der Waals surface area (Å²) in [5, 5.41) is 1.63. The highest BCUT2D eigenvalue weighted by Gasteiger charge is 2.30. The fourth-order valence-electron chi connectivity index (χ4n) is 2.38. The molecule has 2 nitrogen and oxygen atoms in total. The van der Waals surface area contributed by atoms with Gasteiger partial charge in [-0.25, -0.2) is 0 Å². The van der Waals surface area contributed by atoms with Crippen LogP contribution in [-0.2, 0) is 4.57 Å². The molecular formula is C18H16NOP. The van der Waals surface area contributed by atoms with E-state index in [9.17, 15) is 4.57 Å². The van der Waals surface area contributed by atoms with E-state index in [2.05, 4.69) is 4.98 Å². The quantitative estimate of drug-likeness (QED) is 0.695. The Balaban J connectivity index is 2.29. The van der Waals surface area contributed by atoms with Crippen LogP contribution in [0.25, 0.3) is 0 Å². The summed E-state index contributed by atoms with van der Waals surface area (Å²) in [5.74, 6) is 0. The summed E-state index contributed by atoms with van der Waals surface area (Å²) in [6.07, 6.45) is 1.73. The monoisotopic (exact) mass is 293 g/mol. The Bertz CT molecular complexity index is 741. The Labute approximate surface area is 124 Å². The second kappa shape index (κ2) is 5.67. The fourth-order valence-corrected chi connectivity index (χ4v) is 5.01. The smallest absolute Gasteiger partial charge is 0.188 e. The first kappa shape index (κ1) is 13.8. The van der Waals surface area contributed by atoms with Gasteiger partial charge in [0.05, 0.1) is 0 Å². The van der Waals surface area contributed by atoms with Gasteiger partial charge in [0.1, 0.15) is 5.44 Å². The first-order valence-corrected chi connectivity index (χ1v) is 8.56. The number of rotatable bonds is 3. The van der Waals surface area contributed by atoms with Crippen LogP contribution >= 0.6 is 7.14 Å². The number of aryl methyl sites for hydroxylation is 1. The Hall–Kier alpha value is -2.18. The molecule has 0 amide bonds. The Kier molecular flexibility index (Phi) is 3.72. The van der Waals surface area contributed by atoms with Crippen LogP contribution in [0.5, 0.6) is 0 Å². The van der Waals surface area contributed by atoms with Crippen molar-refractivity contribution in [1.82, 2.24) is 4.98 Å². The van der Waals surface area contributed by atoms with Crippen molar-refractivity contribution in [3.63, 3.8) is 0 Å². The molecule has 0 aliphatic carbocycles. The lowest BCUT2D eigenvalue weighted by Gasteiger charge is -2.19. The van der Waals surface area contributed by atoms with Crippen LogP contribution in [0, 0.1) is 6.92 Å². The summed E-state index contributed by atoms with van der Waals surface area (Å²) in [5.41, 5.74) is 1.70. The van der Waals surface area contributed by atoms with Crippen molar-refractivity contribution in [1.29, 1.82) is 0 Å². The van der Waals surface area contributed by atoms with Gasteiger partial charge in [0.15, 0.2) is 7.14 Å². The Morgan fingerprint density at radius 3 is 1.81 bits per heavy atom. The maximum Gasteiger partial charge on any atom is 0.188 e. The third-order valence-electron chi connectivity index (χ3n) is 3.46. The fraction of sp³-hybridized carbons (Fsp3) is 0.0556. The molecule has 1 aromatic heterocycles. The number of hydrogen-bond donors (Lipinski definition) is 0. The molecular weight excluding hydrogens is 277 g/mol. The second-order valence-electron chi connectivity index (χ2n) is 4.97. The average Bonchev–Trinajstić information content (AvgIpc) is 2.56. The highest BCUT2D eigenvalue weighted by atomic mass is 31.2. The van der Waals surface area contributed by atoms with Crippen LogP contribution in [-0.4, -0.2) is 4.98 Å². The molecule has 0 aliphatic rings. The molecule has 0 saturated heterocycles. The molecule has 0 bridgehead atoms. The van der Waals surface area contributed by atoms with Gasteiger partial charge in [-0.3, -0.25) is 4.98 Å². The molecule has 0 saturated carbocycles. The third-order valence-corrected chi connectivity index (χ3v) is 6.40. The molecule has 0 N–H and O–H groups in total. The van der Waals surface area contributed by atoms with Gasteiger partial charge in [-0.2, -0.15) is 0 Å². The number of benzene rings is 2. The van der Waals surface area contributed by atoms with E-state index in [4.69, 9.17) is 0 Å². The van der Waals surface area contributed by atoms with E-state index < -0.39 is 7.14 Å². The summed E-state index contributed by atoms with van der Waals surface area (Å²) in [6.45, 7) is 1.99. The van der Waals surface area contributed by atoms with Crippen molar-refractivity contribution in [3.05, 3.63) is 84.6 Å². The lowest BCUT2D eigenvalue weighted by atomic mass is 10.3. The maximum atomic E-state index is 13.9. The van der Waals surface area contributed by atoms with Crippen molar-refractivity contribution in [3.8, 4) is 0 Å².